The summed E-state index contributed by atoms with van der Waals surface area (Å²) in [5.74, 6) is -0.573. The Morgan fingerprint density at radius 3 is 2.20 bits per heavy atom. The fourth-order valence-corrected chi connectivity index (χ4v) is 5.95. The summed E-state index contributed by atoms with van der Waals surface area (Å²) in [4.78, 5) is 29.1. The normalized spacial score (nSPS) is 12.4. The van der Waals surface area contributed by atoms with Crippen LogP contribution in [-0.2, 0) is 26.2 Å². The van der Waals surface area contributed by atoms with Gasteiger partial charge in [-0.25, -0.2) is 8.42 Å². The number of hydrogen-bond acceptors (Lipinski definition) is 5. The molecule has 8 nitrogen and oxygen atoms in total. The Kier molecular flexibility index (Phi) is 10.4. The molecular weight excluding hydrogens is 562 g/mol. The summed E-state index contributed by atoms with van der Waals surface area (Å²) < 4.78 is 34.6. The molecule has 1 unspecified atom stereocenters. The molecule has 3 aromatic carbocycles. The number of aryl methyl sites for hydroxylation is 1. The number of nitrogens with zero attached hydrogens (tertiary/aromatic N) is 2. The second-order valence-corrected chi connectivity index (χ2v) is 13.1. The third-order valence-electron chi connectivity index (χ3n) is 6.36. The van der Waals surface area contributed by atoms with Crippen LogP contribution in [0.2, 0.25) is 5.02 Å². The molecular formula is C31H38ClN3O5S. The Hall–Kier alpha value is -3.56. The summed E-state index contributed by atoms with van der Waals surface area (Å²) in [6.45, 7) is 8.76. The Morgan fingerprint density at radius 2 is 1.63 bits per heavy atom. The van der Waals surface area contributed by atoms with Crippen molar-refractivity contribution >= 4 is 39.1 Å². The SMILES string of the molecule is CCC(C(=O)NC(C)(C)C)N(Cc1ccc(Cl)cc1)C(=O)CN(c1cc(C)ccc1OC)S(=O)(=O)c1ccccc1. The van der Waals surface area contributed by atoms with Gasteiger partial charge in [0.05, 0.1) is 17.7 Å². The summed E-state index contributed by atoms with van der Waals surface area (Å²) in [7, 11) is -2.76. The number of hydrogen-bond donors (Lipinski definition) is 1. The molecule has 0 spiro atoms. The average molecular weight is 600 g/mol. The smallest absolute Gasteiger partial charge is 0.264 e. The van der Waals surface area contributed by atoms with Crippen LogP contribution in [0.15, 0.2) is 77.7 Å². The average Bonchev–Trinajstić information content (AvgIpc) is 2.92. The number of halogens is 1. The molecule has 0 radical (unpaired) electrons. The van der Waals surface area contributed by atoms with Crippen molar-refractivity contribution in [1.29, 1.82) is 0 Å². The molecule has 0 fully saturated rings. The third kappa shape index (κ3) is 8.24. The van der Waals surface area contributed by atoms with Gasteiger partial charge in [-0.15, -0.1) is 0 Å². The zero-order chi connectivity index (χ0) is 30.4. The number of amides is 2. The van der Waals surface area contributed by atoms with Crippen LogP contribution in [0.1, 0.15) is 45.2 Å². The standard InChI is InChI=1S/C31H38ClN3O5S/c1-7-26(30(37)33-31(3,4)5)34(20-23-14-16-24(32)17-15-23)29(36)21-35(27-19-22(2)13-18-28(27)40-6)41(38,39)25-11-9-8-10-12-25/h8-19,26H,7,20-21H2,1-6H3,(H,33,37). The number of ether oxygens (including phenoxy) is 1. The van der Waals surface area contributed by atoms with E-state index in [1.54, 1.807) is 60.7 Å². The summed E-state index contributed by atoms with van der Waals surface area (Å²) in [6, 6.07) is 19.2. The first-order valence-electron chi connectivity index (χ1n) is 13.3. The number of carbonyl (C=O) groups is 2. The van der Waals surface area contributed by atoms with Gasteiger partial charge in [-0.2, -0.15) is 0 Å². The van der Waals surface area contributed by atoms with Crippen LogP contribution >= 0.6 is 11.6 Å². The molecule has 0 bridgehead atoms. The van der Waals surface area contributed by atoms with Crippen LogP contribution in [0.5, 0.6) is 5.75 Å². The van der Waals surface area contributed by atoms with E-state index in [4.69, 9.17) is 16.3 Å². The number of rotatable bonds is 11. The maximum absolute atomic E-state index is 14.2. The van der Waals surface area contributed by atoms with E-state index in [-0.39, 0.29) is 23.0 Å². The minimum absolute atomic E-state index is 0.0260. The molecule has 1 atom stereocenters. The van der Waals surface area contributed by atoms with Crippen molar-refractivity contribution in [2.45, 2.75) is 64.1 Å². The number of methoxy groups -OCH3 is 1. The molecule has 10 heteroatoms. The first-order chi connectivity index (χ1) is 19.3. The molecule has 0 aliphatic rings. The van der Waals surface area contributed by atoms with Gasteiger partial charge in [0.15, 0.2) is 0 Å². The topological polar surface area (TPSA) is 96.0 Å². The van der Waals surface area contributed by atoms with Gasteiger partial charge >= 0.3 is 0 Å². The van der Waals surface area contributed by atoms with Crippen LogP contribution in [-0.4, -0.2) is 50.4 Å². The lowest BCUT2D eigenvalue weighted by atomic mass is 10.1. The Labute approximate surface area is 248 Å². The fraction of sp³-hybridized carbons (Fsp3) is 0.355. The molecule has 0 aliphatic heterocycles. The summed E-state index contributed by atoms with van der Waals surface area (Å²) in [5.41, 5.74) is 1.23. The van der Waals surface area contributed by atoms with E-state index < -0.39 is 34.1 Å². The van der Waals surface area contributed by atoms with Crippen molar-refractivity contribution in [1.82, 2.24) is 10.2 Å². The highest BCUT2D eigenvalue weighted by Crippen LogP contribution is 2.34. The van der Waals surface area contributed by atoms with Gasteiger partial charge in [0.1, 0.15) is 18.3 Å². The monoisotopic (exact) mass is 599 g/mol. The van der Waals surface area contributed by atoms with E-state index in [9.17, 15) is 18.0 Å². The van der Waals surface area contributed by atoms with Gasteiger partial charge in [-0.3, -0.25) is 13.9 Å². The summed E-state index contributed by atoms with van der Waals surface area (Å²) in [5, 5.41) is 3.50. The van der Waals surface area contributed by atoms with Crippen LogP contribution in [0.25, 0.3) is 0 Å². The first kappa shape index (κ1) is 32.0. The molecule has 1 N–H and O–H groups in total. The molecule has 0 saturated carbocycles. The highest BCUT2D eigenvalue weighted by molar-refractivity contribution is 7.92. The van der Waals surface area contributed by atoms with Crippen molar-refractivity contribution in [3.63, 3.8) is 0 Å². The maximum atomic E-state index is 14.2. The number of anilines is 1. The Morgan fingerprint density at radius 1 is 1.00 bits per heavy atom. The Bertz CT molecular complexity index is 1460. The van der Waals surface area contributed by atoms with Crippen molar-refractivity contribution in [3.05, 3.63) is 88.9 Å². The molecule has 220 valence electrons. The van der Waals surface area contributed by atoms with Crippen LogP contribution in [0.4, 0.5) is 5.69 Å². The minimum atomic E-state index is -4.20. The summed E-state index contributed by atoms with van der Waals surface area (Å²) >= 11 is 6.08. The van der Waals surface area contributed by atoms with Crippen LogP contribution in [0, 0.1) is 6.92 Å². The van der Waals surface area contributed by atoms with Crippen molar-refractivity contribution in [2.24, 2.45) is 0 Å². The van der Waals surface area contributed by atoms with Crippen LogP contribution < -0.4 is 14.4 Å². The van der Waals surface area contributed by atoms with Gasteiger partial charge in [-0.1, -0.05) is 54.9 Å². The van der Waals surface area contributed by atoms with E-state index >= 15 is 0 Å². The second kappa shape index (κ2) is 13.4. The molecule has 41 heavy (non-hydrogen) atoms. The van der Waals surface area contributed by atoms with E-state index in [1.165, 1.54) is 24.1 Å². The van der Waals surface area contributed by atoms with Gasteiger partial charge in [0.2, 0.25) is 11.8 Å². The third-order valence-corrected chi connectivity index (χ3v) is 8.39. The van der Waals surface area contributed by atoms with Crippen molar-refractivity contribution in [3.8, 4) is 5.75 Å². The maximum Gasteiger partial charge on any atom is 0.264 e. The molecule has 0 saturated heterocycles. The quantitative estimate of drug-likeness (QED) is 0.311. The summed E-state index contributed by atoms with van der Waals surface area (Å²) in [6.07, 6.45) is 0.320. The zero-order valence-corrected chi connectivity index (χ0v) is 25.9. The van der Waals surface area contributed by atoms with E-state index in [2.05, 4.69) is 5.32 Å². The molecule has 3 rings (SSSR count). The highest BCUT2D eigenvalue weighted by atomic mass is 35.5. The van der Waals surface area contributed by atoms with Crippen molar-refractivity contribution < 1.29 is 22.7 Å². The van der Waals surface area contributed by atoms with E-state index in [1.807, 2.05) is 34.6 Å². The van der Waals surface area contributed by atoms with E-state index in [0.29, 0.717) is 17.2 Å². The fourth-order valence-electron chi connectivity index (χ4n) is 4.39. The van der Waals surface area contributed by atoms with Crippen LogP contribution in [0.3, 0.4) is 0 Å². The number of benzene rings is 3. The lowest BCUT2D eigenvalue weighted by molar-refractivity contribution is -0.141. The Balaban J connectivity index is 2.12. The van der Waals surface area contributed by atoms with Gasteiger partial charge in [-0.05, 0) is 81.6 Å². The van der Waals surface area contributed by atoms with Gasteiger partial charge in [0.25, 0.3) is 10.0 Å². The van der Waals surface area contributed by atoms with Gasteiger partial charge in [0, 0.05) is 17.1 Å². The molecule has 0 aromatic heterocycles. The molecule has 2 amide bonds. The molecule has 0 aliphatic carbocycles. The number of carbonyl (C=O) groups excluding carboxylic acids is 2. The first-order valence-corrected chi connectivity index (χ1v) is 15.2. The lowest BCUT2D eigenvalue weighted by Gasteiger charge is -2.35. The highest BCUT2D eigenvalue weighted by Gasteiger charge is 2.35. The predicted octanol–water partition coefficient (Wildman–Crippen LogP) is 5.57. The van der Waals surface area contributed by atoms with Crippen molar-refractivity contribution in [2.75, 3.05) is 18.0 Å². The largest absolute Gasteiger partial charge is 0.495 e. The lowest BCUT2D eigenvalue weighted by Crippen LogP contribution is -2.55. The minimum Gasteiger partial charge on any atom is -0.495 e. The number of nitrogens with one attached hydrogen (secondary N) is 1. The predicted molar refractivity (Wildman–Crippen MR) is 163 cm³/mol. The zero-order valence-electron chi connectivity index (χ0n) is 24.3. The molecule has 0 heterocycles. The van der Waals surface area contributed by atoms with E-state index in [0.717, 1.165) is 15.4 Å². The number of sulfonamides is 1. The van der Waals surface area contributed by atoms with Gasteiger partial charge < -0.3 is 15.0 Å². The molecule has 3 aromatic rings. The second-order valence-electron chi connectivity index (χ2n) is 10.8.